The summed E-state index contributed by atoms with van der Waals surface area (Å²) < 4.78 is 8.04. The van der Waals surface area contributed by atoms with Crippen LogP contribution in [-0.2, 0) is 19.2 Å². The molecule has 1 aliphatic carbocycles. The molecule has 3 aliphatic rings. The van der Waals surface area contributed by atoms with Crippen LogP contribution in [0.1, 0.15) is 18.5 Å². The van der Waals surface area contributed by atoms with Gasteiger partial charge >= 0.3 is 5.97 Å². The Bertz CT molecular complexity index is 1190. The Kier molecular flexibility index (Phi) is 6.46. The molecule has 2 aliphatic heterocycles. The number of carbonyl (C=O) groups is 3. The summed E-state index contributed by atoms with van der Waals surface area (Å²) in [5, 5.41) is 18.4. The van der Waals surface area contributed by atoms with Gasteiger partial charge in [-0.15, -0.1) is 23.1 Å². The number of hydrogen-bond acceptors (Lipinski definition) is 13. The fraction of sp³-hybridized carbons (Fsp3) is 0.389. The summed E-state index contributed by atoms with van der Waals surface area (Å²) in [7, 11) is 0. The molecule has 2 fully saturated rings. The van der Waals surface area contributed by atoms with Gasteiger partial charge in [0.25, 0.3) is 11.8 Å². The molecule has 12 nitrogen and oxygen atoms in total. The minimum atomic E-state index is -1.19. The smallest absolute Gasteiger partial charge is 0.352 e. The lowest BCUT2D eigenvalue weighted by Gasteiger charge is -2.49. The number of fused-ring (bicyclic) bond motifs is 1. The highest BCUT2D eigenvalue weighted by atomic mass is 32.2. The number of hydrogen-bond donors (Lipinski definition) is 3. The quantitative estimate of drug-likeness (QED) is 0.179. The maximum absolute atomic E-state index is 13.0. The van der Waals surface area contributed by atoms with Crippen LogP contribution in [0.15, 0.2) is 33.0 Å². The second-order valence-electron chi connectivity index (χ2n) is 7.47. The SMILES string of the molecule is Nc1nc(/C(=N\OC2CC2)C(=O)N[C@@H]2C(=O)N3C(C(=O)O)=C(CSc4cnsn4)CS[C@H]23)cs1. The predicted octanol–water partition coefficient (Wildman–Crippen LogP) is 0.991. The summed E-state index contributed by atoms with van der Waals surface area (Å²) in [6, 6.07) is -0.897. The first-order valence-electron chi connectivity index (χ1n) is 9.98. The van der Waals surface area contributed by atoms with Crippen LogP contribution in [0, 0.1) is 0 Å². The summed E-state index contributed by atoms with van der Waals surface area (Å²) in [6.45, 7) is 0. The van der Waals surface area contributed by atoms with Crippen LogP contribution in [0.4, 0.5) is 5.13 Å². The molecular weight excluding hydrogens is 523 g/mol. The minimum absolute atomic E-state index is 0.0341. The Labute approximate surface area is 209 Å². The standard InChI is InChI=1S/C18H17N7O5S4/c19-18-21-9(6-33-18)11(23-30-8-1-2-8)14(26)22-12-15(27)25-13(17(28)29)7(5-32-16(12)25)4-31-10-3-20-34-24-10/h3,6,8,12,16H,1-2,4-5H2,(H2,19,21)(H,22,26)(H,28,29)/b23-11+/t12-,16-/m1/s1. The number of anilines is 1. The molecular formula is C18H17N7O5S4. The average molecular weight is 540 g/mol. The maximum atomic E-state index is 13.0. The van der Waals surface area contributed by atoms with Gasteiger partial charge in [-0.25, -0.2) is 9.78 Å². The highest BCUT2D eigenvalue weighted by Gasteiger charge is 2.54. The fourth-order valence-electron chi connectivity index (χ4n) is 3.29. The van der Waals surface area contributed by atoms with E-state index in [1.54, 1.807) is 11.6 Å². The van der Waals surface area contributed by atoms with Crippen molar-refractivity contribution in [2.75, 3.05) is 17.2 Å². The van der Waals surface area contributed by atoms with E-state index in [2.05, 4.69) is 24.2 Å². The van der Waals surface area contributed by atoms with Crippen molar-refractivity contribution in [2.45, 2.75) is 35.4 Å². The summed E-state index contributed by atoms with van der Waals surface area (Å²) in [5.41, 5.74) is 6.44. The Hall–Kier alpha value is -2.69. The molecule has 0 radical (unpaired) electrons. The number of nitrogens with one attached hydrogen (secondary N) is 1. The number of carbonyl (C=O) groups excluding carboxylic acids is 2. The number of amides is 2. The second kappa shape index (κ2) is 9.52. The molecule has 1 saturated heterocycles. The van der Waals surface area contributed by atoms with Crippen LogP contribution in [-0.4, -0.2) is 76.3 Å². The fourth-order valence-corrected chi connectivity index (χ4v) is 6.70. The minimum Gasteiger partial charge on any atom is -0.477 e. The number of β-lactam (4-membered cyclic amide) rings is 1. The number of nitrogens with zero attached hydrogens (tertiary/aromatic N) is 5. The van der Waals surface area contributed by atoms with Gasteiger partial charge < -0.3 is 21.0 Å². The van der Waals surface area contributed by atoms with E-state index in [-0.39, 0.29) is 28.3 Å². The number of rotatable bonds is 9. The van der Waals surface area contributed by atoms with Crippen LogP contribution in [0.25, 0.3) is 0 Å². The van der Waals surface area contributed by atoms with Crippen LogP contribution < -0.4 is 11.1 Å². The third kappa shape index (κ3) is 4.62. The van der Waals surface area contributed by atoms with Gasteiger partial charge in [0.05, 0.1) is 17.9 Å². The van der Waals surface area contributed by atoms with Crippen molar-refractivity contribution in [1.29, 1.82) is 0 Å². The van der Waals surface area contributed by atoms with Gasteiger partial charge in [-0.3, -0.25) is 14.5 Å². The third-order valence-corrected chi connectivity index (χ3v) is 8.66. The number of aromatic nitrogens is 3. The Balaban J connectivity index is 1.31. The highest BCUT2D eigenvalue weighted by Crippen LogP contribution is 2.41. The lowest BCUT2D eigenvalue weighted by Crippen LogP contribution is -2.71. The van der Waals surface area contributed by atoms with Gasteiger partial charge in [0, 0.05) is 16.9 Å². The van der Waals surface area contributed by atoms with Gasteiger partial charge in [-0.1, -0.05) is 16.9 Å². The average Bonchev–Trinajstić information content (AvgIpc) is 3.30. The first-order chi connectivity index (χ1) is 16.4. The van der Waals surface area contributed by atoms with E-state index in [4.69, 9.17) is 10.6 Å². The zero-order valence-corrected chi connectivity index (χ0v) is 20.5. The number of thiazole rings is 1. The van der Waals surface area contributed by atoms with Gasteiger partial charge in [-0.05, 0) is 18.4 Å². The Morgan fingerprint density at radius 2 is 2.24 bits per heavy atom. The number of thioether (sulfide) groups is 2. The van der Waals surface area contributed by atoms with Crippen LogP contribution in [0.2, 0.25) is 0 Å². The summed E-state index contributed by atoms with van der Waals surface area (Å²) in [4.78, 5) is 48.6. The van der Waals surface area contributed by atoms with Crippen LogP contribution in [0.3, 0.4) is 0 Å². The largest absolute Gasteiger partial charge is 0.477 e. The normalized spacial score (nSPS) is 22.3. The maximum Gasteiger partial charge on any atom is 0.352 e. The number of carboxylic acids is 1. The van der Waals surface area contributed by atoms with Crippen molar-refractivity contribution in [1.82, 2.24) is 23.9 Å². The van der Waals surface area contributed by atoms with E-state index in [0.29, 0.717) is 22.1 Å². The molecule has 0 aromatic carbocycles. The zero-order chi connectivity index (χ0) is 23.8. The molecule has 2 amide bonds. The van der Waals surface area contributed by atoms with E-state index in [9.17, 15) is 19.5 Å². The molecule has 178 valence electrons. The topological polar surface area (TPSA) is 173 Å². The molecule has 0 unspecified atom stereocenters. The van der Waals surface area contributed by atoms with Gasteiger partial charge in [0.2, 0.25) is 0 Å². The molecule has 34 heavy (non-hydrogen) atoms. The summed E-state index contributed by atoms with van der Waals surface area (Å²) >= 11 is 4.97. The molecule has 4 heterocycles. The van der Waals surface area contributed by atoms with Gasteiger partial charge in [0.1, 0.15) is 33.9 Å². The highest BCUT2D eigenvalue weighted by molar-refractivity contribution is 8.01. The Morgan fingerprint density at radius 1 is 1.41 bits per heavy atom. The van der Waals surface area contributed by atoms with E-state index in [1.165, 1.54) is 28.4 Å². The number of carboxylic acid groups (broad SMARTS) is 1. The molecule has 0 bridgehead atoms. The monoisotopic (exact) mass is 539 g/mol. The zero-order valence-electron chi connectivity index (χ0n) is 17.2. The lowest BCUT2D eigenvalue weighted by molar-refractivity contribution is -0.150. The van der Waals surface area contributed by atoms with Crippen molar-refractivity contribution >= 4 is 75.2 Å². The number of oxime groups is 1. The molecule has 5 rings (SSSR count). The molecule has 4 N–H and O–H groups in total. The number of nitrogen functional groups attached to an aromatic ring is 1. The molecule has 2 aromatic heterocycles. The van der Waals surface area contributed by atoms with Crippen LogP contribution >= 0.6 is 46.6 Å². The molecule has 1 saturated carbocycles. The van der Waals surface area contributed by atoms with Gasteiger partial charge in [-0.2, -0.15) is 8.75 Å². The number of nitrogens with two attached hydrogens (primary N) is 1. The first kappa shape index (κ1) is 23.1. The lowest BCUT2D eigenvalue weighted by atomic mass is 10.0. The first-order valence-corrected chi connectivity index (χ1v) is 13.6. The van der Waals surface area contributed by atoms with Crippen molar-refractivity contribution in [3.8, 4) is 0 Å². The number of aliphatic carboxylic acids is 1. The van der Waals surface area contributed by atoms with Crippen molar-refractivity contribution in [3.63, 3.8) is 0 Å². The summed E-state index contributed by atoms with van der Waals surface area (Å²) in [5.74, 6) is -1.55. The molecule has 2 atom stereocenters. The van der Waals surface area contributed by atoms with Gasteiger partial charge in [0.15, 0.2) is 10.8 Å². The molecule has 0 spiro atoms. The van der Waals surface area contributed by atoms with E-state index >= 15 is 0 Å². The summed E-state index contributed by atoms with van der Waals surface area (Å²) in [6.07, 6.45) is 3.29. The van der Waals surface area contributed by atoms with Crippen molar-refractivity contribution < 1.29 is 24.3 Å². The van der Waals surface area contributed by atoms with Crippen molar-refractivity contribution in [2.24, 2.45) is 5.16 Å². The van der Waals surface area contributed by atoms with Crippen molar-refractivity contribution in [3.05, 3.63) is 28.5 Å². The van der Waals surface area contributed by atoms with E-state index in [1.807, 2.05) is 0 Å². The Morgan fingerprint density at radius 3 is 2.88 bits per heavy atom. The predicted molar refractivity (Wildman–Crippen MR) is 127 cm³/mol. The second-order valence-corrected chi connectivity index (χ2v) is 11.0. The third-order valence-electron chi connectivity index (χ3n) is 5.07. The van der Waals surface area contributed by atoms with E-state index in [0.717, 1.165) is 35.9 Å². The van der Waals surface area contributed by atoms with Crippen LogP contribution in [0.5, 0.6) is 0 Å². The molecule has 2 aromatic rings. The molecule has 16 heteroatoms. The van der Waals surface area contributed by atoms with E-state index < -0.39 is 29.2 Å².